The molecule has 0 amide bonds. The lowest BCUT2D eigenvalue weighted by Gasteiger charge is -2.45. The molecule has 5 N–H and O–H groups in total. The Balaban J connectivity index is 2.40. The van der Waals surface area contributed by atoms with Crippen LogP contribution in [0.15, 0.2) is 4.99 Å². The lowest BCUT2D eigenvalue weighted by molar-refractivity contribution is 0.115. The number of likely N-dealkylation sites (N-methyl/N-ethyl adjacent to an activating group) is 1. The number of nitrogens with one attached hydrogen (secondary N) is 1. The van der Waals surface area contributed by atoms with E-state index in [0.29, 0.717) is 11.8 Å². The predicted molar refractivity (Wildman–Crippen MR) is 53.3 cm³/mol. The Morgan fingerprint density at radius 1 is 1.38 bits per heavy atom. The zero-order valence-electron chi connectivity index (χ0n) is 8.09. The van der Waals surface area contributed by atoms with Crippen LogP contribution >= 0.6 is 0 Å². The van der Waals surface area contributed by atoms with E-state index < -0.39 is 11.3 Å². The van der Waals surface area contributed by atoms with Crippen molar-refractivity contribution < 1.29 is 0 Å². The van der Waals surface area contributed by atoms with Gasteiger partial charge in [-0.1, -0.05) is 0 Å². The fourth-order valence-corrected chi connectivity index (χ4v) is 3.12. The van der Waals surface area contributed by atoms with E-state index in [9.17, 15) is 0 Å². The molecule has 0 radical (unpaired) electrons. The maximum atomic E-state index is 6.26. The fraction of sp³-hybridized carbons (Fsp3) is 0.889. The zero-order valence-corrected chi connectivity index (χ0v) is 8.09. The third-order valence-electron chi connectivity index (χ3n) is 4.04. The number of hydrogen-bond acceptors (Lipinski definition) is 4. The van der Waals surface area contributed by atoms with Crippen LogP contribution < -0.4 is 16.8 Å². The number of rotatable bonds is 2. The van der Waals surface area contributed by atoms with Crippen molar-refractivity contribution in [3.8, 4) is 0 Å². The first-order chi connectivity index (χ1) is 6.08. The van der Waals surface area contributed by atoms with Gasteiger partial charge in [0.2, 0.25) is 0 Å². The van der Waals surface area contributed by atoms with Gasteiger partial charge in [0.05, 0.1) is 0 Å². The van der Waals surface area contributed by atoms with Gasteiger partial charge in [0.25, 0.3) is 0 Å². The molecule has 0 aromatic carbocycles. The van der Waals surface area contributed by atoms with Gasteiger partial charge in [-0.2, -0.15) is 0 Å². The quantitative estimate of drug-likeness (QED) is 0.403. The van der Waals surface area contributed by atoms with Crippen molar-refractivity contribution in [2.75, 3.05) is 7.05 Å². The van der Waals surface area contributed by atoms with Gasteiger partial charge in [0, 0.05) is 5.92 Å². The van der Waals surface area contributed by atoms with Crippen LogP contribution in [0.2, 0.25) is 0 Å². The van der Waals surface area contributed by atoms with E-state index in [1.54, 1.807) is 0 Å². The summed E-state index contributed by atoms with van der Waals surface area (Å²) in [5.41, 5.74) is 11.3. The van der Waals surface area contributed by atoms with Gasteiger partial charge in [-0.3, -0.25) is 10.3 Å². The predicted octanol–water partition coefficient (Wildman–Crippen LogP) is -0.354. The first-order valence-electron chi connectivity index (χ1n) is 4.83. The van der Waals surface area contributed by atoms with Crippen LogP contribution in [0.25, 0.3) is 0 Å². The summed E-state index contributed by atoms with van der Waals surface area (Å²) in [4.78, 5) is 4.07. The smallest absolute Gasteiger partial charge is 0.141 e. The molecule has 2 aliphatic rings. The van der Waals surface area contributed by atoms with Crippen molar-refractivity contribution in [2.24, 2.45) is 28.3 Å². The highest BCUT2D eigenvalue weighted by Gasteiger charge is 2.63. The normalized spacial score (nSPS) is 54.1. The first-order valence-corrected chi connectivity index (χ1v) is 4.83. The highest BCUT2D eigenvalue weighted by molar-refractivity contribution is 5.31. The summed E-state index contributed by atoms with van der Waals surface area (Å²) in [6.45, 7) is 3.58. The molecule has 2 bridgehead atoms. The monoisotopic (exact) mass is 182 g/mol. The Kier molecular flexibility index (Phi) is 1.77. The van der Waals surface area contributed by atoms with Crippen LogP contribution in [0, 0.1) is 11.8 Å². The van der Waals surface area contributed by atoms with E-state index in [1.807, 2.05) is 7.05 Å². The van der Waals surface area contributed by atoms with Crippen molar-refractivity contribution in [1.82, 2.24) is 5.32 Å². The lowest BCUT2D eigenvalue weighted by Crippen LogP contribution is -2.74. The second kappa shape index (κ2) is 2.53. The minimum Gasteiger partial charge on any atom is -0.310 e. The average Bonchev–Trinajstić information content (AvgIpc) is 2.70. The maximum Gasteiger partial charge on any atom is 0.141 e. The molecule has 4 unspecified atom stereocenters. The Hall–Kier alpha value is -0.450. The number of nitrogens with two attached hydrogens (primary N) is 2. The van der Waals surface area contributed by atoms with Crippen LogP contribution in [0.5, 0.6) is 0 Å². The van der Waals surface area contributed by atoms with Gasteiger partial charge in [-0.05, 0) is 38.9 Å². The van der Waals surface area contributed by atoms with Crippen LogP contribution in [0.4, 0.5) is 0 Å². The minimum atomic E-state index is -0.662. The molecule has 4 nitrogen and oxygen atoms in total. The molecule has 0 aromatic rings. The molecule has 74 valence electrons. The third kappa shape index (κ3) is 0.834. The highest BCUT2D eigenvalue weighted by Crippen LogP contribution is 2.53. The number of fused-ring (bicyclic) bond motifs is 2. The van der Waals surface area contributed by atoms with Crippen LogP contribution in [-0.2, 0) is 0 Å². The van der Waals surface area contributed by atoms with Crippen molar-refractivity contribution in [2.45, 2.75) is 30.6 Å². The summed E-state index contributed by atoms with van der Waals surface area (Å²) >= 11 is 0. The van der Waals surface area contributed by atoms with E-state index in [1.165, 1.54) is 0 Å². The summed E-state index contributed by atoms with van der Waals surface area (Å²) in [5.74, 6) is 0.866. The molecule has 4 heteroatoms. The second-order valence-corrected chi connectivity index (χ2v) is 4.31. The van der Waals surface area contributed by atoms with Crippen molar-refractivity contribution in [3.63, 3.8) is 0 Å². The molecule has 0 saturated heterocycles. The molecule has 0 aliphatic heterocycles. The summed E-state index contributed by atoms with van der Waals surface area (Å²) in [6, 6.07) is 0. The minimum absolute atomic E-state index is 0.410. The number of nitrogens with zero attached hydrogens (tertiary/aromatic N) is 1. The van der Waals surface area contributed by atoms with Gasteiger partial charge in [-0.15, -0.1) is 0 Å². The standard InChI is InChI=1S/C9H18N4/c1-12-8(10)6-3-4-7(5-6)9(8,11)13-2/h6-7,13H,1,3-5,10-11H2,2H3. The molecule has 2 fully saturated rings. The first kappa shape index (κ1) is 9.12. The summed E-state index contributed by atoms with van der Waals surface area (Å²) < 4.78 is 0. The molecule has 2 saturated carbocycles. The van der Waals surface area contributed by atoms with Gasteiger partial charge in [0.1, 0.15) is 11.3 Å². The van der Waals surface area contributed by atoms with Crippen molar-refractivity contribution in [1.29, 1.82) is 0 Å². The Morgan fingerprint density at radius 2 is 2.00 bits per heavy atom. The molecular formula is C9H18N4. The molecule has 13 heavy (non-hydrogen) atoms. The number of hydrogen-bond donors (Lipinski definition) is 3. The van der Waals surface area contributed by atoms with Crippen LogP contribution in [-0.4, -0.2) is 25.1 Å². The van der Waals surface area contributed by atoms with Gasteiger partial charge >= 0.3 is 0 Å². The molecular weight excluding hydrogens is 164 g/mol. The van der Waals surface area contributed by atoms with Gasteiger partial charge in [-0.25, -0.2) is 0 Å². The van der Waals surface area contributed by atoms with Gasteiger partial charge < -0.3 is 11.5 Å². The average molecular weight is 182 g/mol. The molecule has 2 aliphatic carbocycles. The SMILES string of the molecule is C=NC1(N)C2CCC(C2)C1(N)NC. The van der Waals surface area contributed by atoms with E-state index >= 15 is 0 Å². The molecule has 2 rings (SSSR count). The second-order valence-electron chi connectivity index (χ2n) is 4.31. The van der Waals surface area contributed by atoms with E-state index in [2.05, 4.69) is 17.0 Å². The third-order valence-corrected chi connectivity index (χ3v) is 4.04. The maximum absolute atomic E-state index is 6.26. The van der Waals surface area contributed by atoms with Crippen molar-refractivity contribution >= 4 is 6.72 Å². The van der Waals surface area contributed by atoms with Gasteiger partial charge in [0.15, 0.2) is 0 Å². The molecule has 4 atom stereocenters. The summed E-state index contributed by atoms with van der Waals surface area (Å²) in [7, 11) is 1.85. The van der Waals surface area contributed by atoms with E-state index in [4.69, 9.17) is 11.5 Å². The molecule has 0 heterocycles. The van der Waals surface area contributed by atoms with E-state index in [-0.39, 0.29) is 0 Å². The fourth-order valence-electron chi connectivity index (χ4n) is 3.12. The Labute approximate surface area is 78.8 Å². The summed E-state index contributed by atoms with van der Waals surface area (Å²) in [5, 5.41) is 3.13. The number of aliphatic imine (C=N–C) groups is 1. The van der Waals surface area contributed by atoms with Crippen molar-refractivity contribution in [3.05, 3.63) is 0 Å². The van der Waals surface area contributed by atoms with E-state index in [0.717, 1.165) is 19.3 Å². The highest BCUT2D eigenvalue weighted by atomic mass is 15.3. The topological polar surface area (TPSA) is 76.4 Å². The zero-order chi connectivity index (χ0) is 9.69. The van der Waals surface area contributed by atoms with Crippen LogP contribution in [0.3, 0.4) is 0 Å². The summed E-state index contributed by atoms with van der Waals surface area (Å²) in [6.07, 6.45) is 3.39. The lowest BCUT2D eigenvalue weighted by atomic mass is 9.80. The molecule has 0 aromatic heterocycles. The Morgan fingerprint density at radius 3 is 2.46 bits per heavy atom. The largest absolute Gasteiger partial charge is 0.310 e. The van der Waals surface area contributed by atoms with Crippen LogP contribution in [0.1, 0.15) is 19.3 Å². The Bertz CT molecular complexity index is 242. The molecule has 0 spiro atoms.